The van der Waals surface area contributed by atoms with Gasteiger partial charge >= 0.3 is 0 Å². The number of oxazole rings is 1. The summed E-state index contributed by atoms with van der Waals surface area (Å²) in [7, 11) is -3.69. The predicted molar refractivity (Wildman–Crippen MR) is 107 cm³/mol. The average molecular weight is 385 g/mol. The first-order valence-electron chi connectivity index (χ1n) is 8.75. The van der Waals surface area contributed by atoms with Crippen LogP contribution in [-0.2, 0) is 15.4 Å². The Morgan fingerprint density at radius 3 is 2.15 bits per heavy atom. The van der Waals surface area contributed by atoms with Gasteiger partial charge in [0.05, 0.1) is 10.6 Å². The van der Waals surface area contributed by atoms with Crippen LogP contribution in [0.1, 0.15) is 38.0 Å². The standard InChI is InChI=1S/C21H24N2O3S/c1-14-20(22-15(2)26-14)16-10-12-17(13-11-16)27(24,25)23-19-9-7-6-8-18(19)21(3,4)5/h6-13,23H,1-5H3. The molecule has 0 bridgehead atoms. The SMILES string of the molecule is Cc1nc(-c2ccc(S(=O)(=O)Nc3ccccc3C(C)(C)C)cc2)c(C)o1. The molecule has 0 fully saturated rings. The molecule has 2 aromatic carbocycles. The molecule has 1 aromatic heterocycles. The Labute approximate surface area is 160 Å². The molecule has 0 saturated carbocycles. The highest BCUT2D eigenvalue weighted by Crippen LogP contribution is 2.31. The summed E-state index contributed by atoms with van der Waals surface area (Å²) in [6.07, 6.45) is 0. The van der Waals surface area contributed by atoms with Crippen LogP contribution in [0.25, 0.3) is 11.3 Å². The van der Waals surface area contributed by atoms with Crippen molar-refractivity contribution >= 4 is 15.7 Å². The lowest BCUT2D eigenvalue weighted by molar-refractivity contribution is 0.495. The second-order valence-corrected chi connectivity index (χ2v) is 9.25. The van der Waals surface area contributed by atoms with E-state index in [2.05, 4.69) is 30.5 Å². The summed E-state index contributed by atoms with van der Waals surface area (Å²) in [5.74, 6) is 1.29. The topological polar surface area (TPSA) is 72.2 Å². The molecular weight excluding hydrogens is 360 g/mol. The summed E-state index contributed by atoms with van der Waals surface area (Å²) in [4.78, 5) is 4.55. The van der Waals surface area contributed by atoms with E-state index in [9.17, 15) is 8.42 Å². The summed E-state index contributed by atoms with van der Waals surface area (Å²) in [5, 5.41) is 0. The first-order valence-corrected chi connectivity index (χ1v) is 10.2. The molecule has 27 heavy (non-hydrogen) atoms. The van der Waals surface area contributed by atoms with Crippen molar-refractivity contribution in [2.24, 2.45) is 0 Å². The molecule has 0 aliphatic carbocycles. The molecule has 142 valence electrons. The van der Waals surface area contributed by atoms with Gasteiger partial charge in [0.1, 0.15) is 11.5 Å². The average Bonchev–Trinajstić information content (AvgIpc) is 2.92. The quantitative estimate of drug-likeness (QED) is 0.683. The third kappa shape index (κ3) is 4.06. The van der Waals surface area contributed by atoms with Crippen molar-refractivity contribution < 1.29 is 12.8 Å². The fraction of sp³-hybridized carbons (Fsp3) is 0.286. The minimum absolute atomic E-state index is 0.175. The number of nitrogens with zero attached hydrogens (tertiary/aromatic N) is 1. The second kappa shape index (κ2) is 6.85. The number of benzene rings is 2. The van der Waals surface area contributed by atoms with Gasteiger partial charge in [-0.3, -0.25) is 4.72 Å². The van der Waals surface area contributed by atoms with E-state index in [1.54, 1.807) is 37.3 Å². The monoisotopic (exact) mass is 384 g/mol. The zero-order chi connectivity index (χ0) is 19.8. The molecular formula is C21H24N2O3S. The van der Waals surface area contributed by atoms with Crippen molar-refractivity contribution in [3.63, 3.8) is 0 Å². The molecule has 0 unspecified atom stereocenters. The minimum Gasteiger partial charge on any atom is -0.446 e. The zero-order valence-electron chi connectivity index (χ0n) is 16.2. The van der Waals surface area contributed by atoms with Crippen molar-refractivity contribution in [2.45, 2.75) is 44.9 Å². The Hall–Kier alpha value is -2.60. The molecule has 0 spiro atoms. The highest BCUT2D eigenvalue weighted by molar-refractivity contribution is 7.92. The second-order valence-electron chi connectivity index (χ2n) is 7.56. The van der Waals surface area contributed by atoms with Gasteiger partial charge in [-0.25, -0.2) is 13.4 Å². The molecule has 0 radical (unpaired) electrons. The van der Waals surface area contributed by atoms with E-state index in [4.69, 9.17) is 4.42 Å². The normalized spacial score (nSPS) is 12.2. The largest absolute Gasteiger partial charge is 0.446 e. The van der Waals surface area contributed by atoms with Gasteiger partial charge in [-0.05, 0) is 36.1 Å². The Balaban J connectivity index is 1.92. The van der Waals surface area contributed by atoms with Gasteiger partial charge in [0.15, 0.2) is 5.89 Å². The van der Waals surface area contributed by atoms with E-state index in [0.717, 1.165) is 16.8 Å². The maximum Gasteiger partial charge on any atom is 0.261 e. The van der Waals surface area contributed by atoms with Crippen molar-refractivity contribution in [2.75, 3.05) is 4.72 Å². The Morgan fingerprint density at radius 2 is 1.59 bits per heavy atom. The molecule has 3 aromatic rings. The summed E-state index contributed by atoms with van der Waals surface area (Å²) in [5.41, 5.74) is 2.91. The van der Waals surface area contributed by atoms with E-state index >= 15 is 0 Å². The molecule has 5 nitrogen and oxygen atoms in total. The fourth-order valence-corrected chi connectivity index (χ4v) is 4.10. The maximum absolute atomic E-state index is 12.9. The molecule has 1 heterocycles. The number of hydrogen-bond donors (Lipinski definition) is 1. The van der Waals surface area contributed by atoms with Gasteiger partial charge in [-0.15, -0.1) is 0 Å². The lowest BCUT2D eigenvalue weighted by Crippen LogP contribution is -2.19. The van der Waals surface area contributed by atoms with Crippen molar-refractivity contribution in [3.8, 4) is 11.3 Å². The number of rotatable bonds is 4. The molecule has 0 aliphatic rings. The third-order valence-corrected chi connectivity index (χ3v) is 5.70. The van der Waals surface area contributed by atoms with E-state index in [1.165, 1.54) is 0 Å². The third-order valence-electron chi connectivity index (χ3n) is 4.32. The fourth-order valence-electron chi connectivity index (χ4n) is 3.02. The lowest BCUT2D eigenvalue weighted by Gasteiger charge is -2.23. The van der Waals surface area contributed by atoms with Gasteiger partial charge in [-0.2, -0.15) is 0 Å². The van der Waals surface area contributed by atoms with E-state index in [-0.39, 0.29) is 10.3 Å². The zero-order valence-corrected chi connectivity index (χ0v) is 17.0. The van der Waals surface area contributed by atoms with Crippen LogP contribution in [0.4, 0.5) is 5.69 Å². The van der Waals surface area contributed by atoms with Crippen molar-refractivity contribution in [3.05, 3.63) is 65.7 Å². The Morgan fingerprint density at radius 1 is 0.963 bits per heavy atom. The van der Waals surface area contributed by atoms with Crippen LogP contribution < -0.4 is 4.72 Å². The predicted octanol–water partition coefficient (Wildman–Crippen LogP) is 5.06. The molecule has 1 N–H and O–H groups in total. The molecule has 3 rings (SSSR count). The first kappa shape index (κ1) is 19.2. The lowest BCUT2D eigenvalue weighted by atomic mass is 9.86. The smallest absolute Gasteiger partial charge is 0.261 e. The number of anilines is 1. The highest BCUT2D eigenvalue weighted by Gasteiger charge is 2.22. The van der Waals surface area contributed by atoms with Crippen LogP contribution in [0, 0.1) is 13.8 Å². The summed E-state index contributed by atoms with van der Waals surface area (Å²) in [6, 6.07) is 14.1. The van der Waals surface area contributed by atoms with Gasteiger partial charge in [-0.1, -0.05) is 51.1 Å². The molecule has 0 saturated heterocycles. The van der Waals surface area contributed by atoms with Crippen LogP contribution in [0.3, 0.4) is 0 Å². The summed E-state index contributed by atoms with van der Waals surface area (Å²) >= 11 is 0. The number of nitrogens with one attached hydrogen (secondary N) is 1. The number of aryl methyl sites for hydroxylation is 2. The Kier molecular flexibility index (Phi) is 4.86. The van der Waals surface area contributed by atoms with Crippen molar-refractivity contribution in [1.29, 1.82) is 0 Å². The molecule has 0 atom stereocenters. The van der Waals surface area contributed by atoms with Gasteiger partial charge in [0.25, 0.3) is 10.0 Å². The highest BCUT2D eigenvalue weighted by atomic mass is 32.2. The minimum atomic E-state index is -3.69. The number of hydrogen-bond acceptors (Lipinski definition) is 4. The maximum atomic E-state index is 12.9. The Bertz CT molecular complexity index is 1060. The molecule has 0 aliphatic heterocycles. The van der Waals surface area contributed by atoms with Crippen LogP contribution >= 0.6 is 0 Å². The van der Waals surface area contributed by atoms with Crippen LogP contribution in [-0.4, -0.2) is 13.4 Å². The number of sulfonamides is 1. The number of para-hydroxylation sites is 1. The molecule has 6 heteroatoms. The number of aromatic nitrogens is 1. The van der Waals surface area contributed by atoms with Crippen LogP contribution in [0.5, 0.6) is 0 Å². The van der Waals surface area contributed by atoms with Crippen molar-refractivity contribution in [1.82, 2.24) is 4.98 Å². The van der Waals surface area contributed by atoms with E-state index < -0.39 is 10.0 Å². The van der Waals surface area contributed by atoms with Crippen LogP contribution in [0.15, 0.2) is 57.8 Å². The van der Waals surface area contributed by atoms with Gasteiger partial charge in [0, 0.05) is 12.5 Å². The molecule has 0 amide bonds. The van der Waals surface area contributed by atoms with Gasteiger partial charge < -0.3 is 4.42 Å². The summed E-state index contributed by atoms with van der Waals surface area (Å²) < 4.78 is 33.9. The summed E-state index contributed by atoms with van der Waals surface area (Å²) in [6.45, 7) is 9.78. The van der Waals surface area contributed by atoms with Gasteiger partial charge in [0.2, 0.25) is 0 Å². The van der Waals surface area contributed by atoms with E-state index in [0.29, 0.717) is 17.3 Å². The van der Waals surface area contributed by atoms with Crippen LogP contribution in [0.2, 0.25) is 0 Å². The van der Waals surface area contributed by atoms with E-state index in [1.807, 2.05) is 25.1 Å². The first-order chi connectivity index (χ1) is 12.6.